The van der Waals surface area contributed by atoms with Gasteiger partial charge < -0.3 is 14.2 Å². The molecule has 0 aliphatic rings. The van der Waals surface area contributed by atoms with E-state index < -0.39 is 29.1 Å². The molecule has 0 amide bonds. The second-order valence-electron chi connectivity index (χ2n) is 7.42. The molecular formula is C18H26O5. The molecule has 0 saturated carbocycles. The van der Waals surface area contributed by atoms with Crippen LogP contribution in [0, 0.1) is 10.8 Å². The van der Waals surface area contributed by atoms with E-state index in [2.05, 4.69) is 0 Å². The number of methoxy groups -OCH3 is 1. The van der Waals surface area contributed by atoms with E-state index in [0.717, 1.165) is 0 Å². The van der Waals surface area contributed by atoms with Gasteiger partial charge in [0.2, 0.25) is 0 Å². The molecule has 0 atom stereocenters. The summed E-state index contributed by atoms with van der Waals surface area (Å²) in [7, 11) is 1.56. The Labute approximate surface area is 137 Å². The van der Waals surface area contributed by atoms with Gasteiger partial charge in [-0.1, -0.05) is 0 Å². The average Bonchev–Trinajstić information content (AvgIpc) is 2.44. The van der Waals surface area contributed by atoms with Gasteiger partial charge in [0.05, 0.1) is 17.9 Å². The van der Waals surface area contributed by atoms with Crippen molar-refractivity contribution in [3.8, 4) is 5.75 Å². The number of hydrogen-bond acceptors (Lipinski definition) is 5. The largest absolute Gasteiger partial charge is 0.497 e. The van der Waals surface area contributed by atoms with Gasteiger partial charge in [0.25, 0.3) is 6.29 Å². The summed E-state index contributed by atoms with van der Waals surface area (Å²) in [6.45, 7) is 10.5. The fourth-order valence-corrected chi connectivity index (χ4v) is 1.47. The molecule has 128 valence electrons. The van der Waals surface area contributed by atoms with Crippen molar-refractivity contribution in [2.45, 2.75) is 47.8 Å². The second-order valence-corrected chi connectivity index (χ2v) is 7.42. The van der Waals surface area contributed by atoms with Crippen LogP contribution < -0.4 is 4.74 Å². The molecule has 5 nitrogen and oxygen atoms in total. The first-order valence-corrected chi connectivity index (χ1v) is 7.51. The van der Waals surface area contributed by atoms with Crippen molar-refractivity contribution >= 4 is 11.9 Å². The van der Waals surface area contributed by atoms with Crippen LogP contribution in [0.25, 0.3) is 0 Å². The fourth-order valence-electron chi connectivity index (χ4n) is 1.47. The van der Waals surface area contributed by atoms with E-state index in [1.807, 2.05) is 0 Å². The minimum atomic E-state index is -1.08. The molecule has 1 rings (SSSR count). The SMILES string of the molecule is COc1ccc(C(OC(=O)C(C)(C)C)OC(=O)C(C)(C)C)cc1. The lowest BCUT2D eigenvalue weighted by Crippen LogP contribution is -2.30. The number of ether oxygens (including phenoxy) is 3. The van der Waals surface area contributed by atoms with Crippen molar-refractivity contribution in [1.82, 2.24) is 0 Å². The molecule has 0 aliphatic carbocycles. The number of esters is 2. The summed E-state index contributed by atoms with van der Waals surface area (Å²) in [6, 6.07) is 6.85. The van der Waals surface area contributed by atoms with E-state index in [4.69, 9.17) is 14.2 Å². The molecule has 0 aliphatic heterocycles. The number of carbonyl (C=O) groups excluding carboxylic acids is 2. The smallest absolute Gasteiger partial charge is 0.314 e. The van der Waals surface area contributed by atoms with E-state index in [0.29, 0.717) is 11.3 Å². The standard InChI is InChI=1S/C18H26O5/c1-17(2,3)15(19)22-14(23-16(20)18(4,5)6)12-8-10-13(21-7)11-9-12/h8-11,14H,1-7H3. The molecule has 0 spiro atoms. The van der Waals surface area contributed by atoms with Gasteiger partial charge in [-0.15, -0.1) is 0 Å². The Morgan fingerprint density at radius 2 is 1.22 bits per heavy atom. The van der Waals surface area contributed by atoms with Gasteiger partial charge in [-0.3, -0.25) is 9.59 Å². The van der Waals surface area contributed by atoms with Gasteiger partial charge >= 0.3 is 11.9 Å². The van der Waals surface area contributed by atoms with Gasteiger partial charge in [0.1, 0.15) is 5.75 Å². The molecule has 23 heavy (non-hydrogen) atoms. The van der Waals surface area contributed by atoms with Crippen molar-refractivity contribution in [2.24, 2.45) is 10.8 Å². The summed E-state index contributed by atoms with van der Waals surface area (Å²) in [4.78, 5) is 24.3. The van der Waals surface area contributed by atoms with Gasteiger partial charge in [-0.2, -0.15) is 0 Å². The first-order valence-electron chi connectivity index (χ1n) is 7.51. The van der Waals surface area contributed by atoms with E-state index in [1.165, 1.54) is 0 Å². The van der Waals surface area contributed by atoms with Gasteiger partial charge in [0.15, 0.2) is 0 Å². The zero-order chi connectivity index (χ0) is 17.8. The number of hydrogen-bond donors (Lipinski definition) is 0. The van der Waals surface area contributed by atoms with E-state index in [1.54, 1.807) is 72.9 Å². The van der Waals surface area contributed by atoms with E-state index >= 15 is 0 Å². The number of benzene rings is 1. The molecule has 1 aromatic carbocycles. The average molecular weight is 322 g/mol. The Balaban J connectivity index is 3.04. The minimum absolute atomic E-state index is 0.444. The maximum absolute atomic E-state index is 12.2. The van der Waals surface area contributed by atoms with Crippen LogP contribution in [0.3, 0.4) is 0 Å². The van der Waals surface area contributed by atoms with Crippen molar-refractivity contribution in [3.63, 3.8) is 0 Å². The van der Waals surface area contributed by atoms with Crippen LogP contribution in [-0.2, 0) is 19.1 Å². The van der Waals surface area contributed by atoms with E-state index in [-0.39, 0.29) is 0 Å². The van der Waals surface area contributed by atoms with Crippen LogP contribution in [-0.4, -0.2) is 19.0 Å². The fraction of sp³-hybridized carbons (Fsp3) is 0.556. The van der Waals surface area contributed by atoms with Crippen molar-refractivity contribution in [3.05, 3.63) is 29.8 Å². The summed E-state index contributed by atoms with van der Waals surface area (Å²) in [5.41, 5.74) is -0.821. The Morgan fingerprint density at radius 3 is 1.52 bits per heavy atom. The van der Waals surface area contributed by atoms with Crippen LogP contribution in [0.2, 0.25) is 0 Å². The predicted molar refractivity (Wildman–Crippen MR) is 86.8 cm³/mol. The molecule has 0 bridgehead atoms. The third-order valence-corrected chi connectivity index (χ3v) is 3.04. The summed E-state index contributed by atoms with van der Waals surface area (Å²) >= 11 is 0. The van der Waals surface area contributed by atoms with E-state index in [9.17, 15) is 9.59 Å². The lowest BCUT2D eigenvalue weighted by molar-refractivity contribution is -0.200. The van der Waals surface area contributed by atoms with Gasteiger partial charge in [-0.25, -0.2) is 0 Å². The Kier molecular flexibility index (Phi) is 5.81. The zero-order valence-electron chi connectivity index (χ0n) is 14.9. The Morgan fingerprint density at radius 1 is 0.826 bits per heavy atom. The third-order valence-electron chi connectivity index (χ3n) is 3.04. The second kappa shape index (κ2) is 7.02. The first kappa shape index (κ1) is 19.0. The Hall–Kier alpha value is -2.04. The van der Waals surface area contributed by atoms with Gasteiger partial charge in [-0.05, 0) is 65.8 Å². The number of carbonyl (C=O) groups is 2. The molecule has 5 heteroatoms. The normalized spacial score (nSPS) is 12.0. The lowest BCUT2D eigenvalue weighted by atomic mass is 9.97. The molecule has 0 saturated heterocycles. The lowest BCUT2D eigenvalue weighted by Gasteiger charge is -2.26. The van der Waals surface area contributed by atoms with Crippen LogP contribution in [0.15, 0.2) is 24.3 Å². The maximum Gasteiger partial charge on any atom is 0.314 e. The van der Waals surface area contributed by atoms with Crippen molar-refractivity contribution in [2.75, 3.05) is 7.11 Å². The quantitative estimate of drug-likeness (QED) is 0.622. The molecule has 0 aromatic heterocycles. The monoisotopic (exact) mass is 322 g/mol. The molecule has 0 N–H and O–H groups in total. The minimum Gasteiger partial charge on any atom is -0.497 e. The predicted octanol–water partition coefficient (Wildman–Crippen LogP) is 3.87. The first-order chi connectivity index (χ1) is 10.4. The zero-order valence-corrected chi connectivity index (χ0v) is 14.9. The van der Waals surface area contributed by atoms with Crippen LogP contribution in [0.4, 0.5) is 0 Å². The molecule has 0 unspecified atom stereocenters. The van der Waals surface area contributed by atoms with Crippen molar-refractivity contribution in [1.29, 1.82) is 0 Å². The van der Waals surface area contributed by atoms with Crippen molar-refractivity contribution < 1.29 is 23.8 Å². The highest BCUT2D eigenvalue weighted by atomic mass is 16.7. The topological polar surface area (TPSA) is 61.8 Å². The summed E-state index contributed by atoms with van der Waals surface area (Å²) in [5, 5.41) is 0. The summed E-state index contributed by atoms with van der Waals surface area (Å²) < 4.78 is 15.9. The van der Waals surface area contributed by atoms with Gasteiger partial charge in [0, 0.05) is 5.56 Å². The number of rotatable bonds is 4. The van der Waals surface area contributed by atoms with Crippen LogP contribution in [0.5, 0.6) is 5.75 Å². The van der Waals surface area contributed by atoms with Crippen LogP contribution >= 0.6 is 0 Å². The summed E-state index contributed by atoms with van der Waals surface area (Å²) in [5.74, 6) is -0.225. The third kappa shape index (κ3) is 5.58. The highest BCUT2D eigenvalue weighted by Crippen LogP contribution is 2.28. The maximum atomic E-state index is 12.2. The molecule has 0 heterocycles. The van der Waals surface area contributed by atoms with Crippen LogP contribution in [0.1, 0.15) is 53.4 Å². The molecular weight excluding hydrogens is 296 g/mol. The highest BCUT2D eigenvalue weighted by Gasteiger charge is 2.32. The molecule has 1 aromatic rings. The molecule has 0 radical (unpaired) electrons. The Bertz CT molecular complexity index is 518. The highest BCUT2D eigenvalue weighted by molar-refractivity contribution is 5.77. The molecule has 0 fully saturated rings. The summed E-state index contributed by atoms with van der Waals surface area (Å²) in [6.07, 6.45) is -1.08.